The summed E-state index contributed by atoms with van der Waals surface area (Å²) in [5, 5.41) is 3.71. The van der Waals surface area contributed by atoms with E-state index in [1.807, 2.05) is 24.3 Å². The van der Waals surface area contributed by atoms with Gasteiger partial charge in [-0.05, 0) is 34.4 Å². The van der Waals surface area contributed by atoms with E-state index in [4.69, 9.17) is 5.73 Å². The summed E-state index contributed by atoms with van der Waals surface area (Å²) >= 11 is 0. The Labute approximate surface area is 224 Å². The van der Waals surface area contributed by atoms with Crippen LogP contribution in [0.25, 0.3) is 44.5 Å². The minimum Gasteiger partial charge on any atom is -0.397 e. The van der Waals surface area contributed by atoms with Crippen LogP contribution in [0.2, 0.25) is 0 Å². The van der Waals surface area contributed by atoms with Crippen LogP contribution in [0.1, 0.15) is 0 Å². The van der Waals surface area contributed by atoms with Gasteiger partial charge in [-0.2, -0.15) is 0 Å². The molecule has 0 saturated carbocycles. The van der Waals surface area contributed by atoms with Crippen LogP contribution in [-0.2, 0) is 0 Å². The van der Waals surface area contributed by atoms with Gasteiger partial charge in [0, 0.05) is 27.9 Å². The molecule has 0 aliphatic carbocycles. The molecule has 2 nitrogen and oxygen atoms in total. The van der Waals surface area contributed by atoms with E-state index < -0.39 is 0 Å². The zero-order chi connectivity index (χ0) is 25.7. The molecule has 38 heavy (non-hydrogen) atoms. The molecule has 0 aliphatic rings. The second kappa shape index (κ2) is 10.5. The summed E-state index contributed by atoms with van der Waals surface area (Å²) < 4.78 is 0. The number of anilines is 3. The first-order chi connectivity index (χ1) is 18.8. The topological polar surface area (TPSA) is 38.0 Å². The van der Waals surface area contributed by atoms with Crippen LogP contribution in [0.3, 0.4) is 0 Å². The molecule has 6 aromatic carbocycles. The summed E-state index contributed by atoms with van der Waals surface area (Å²) in [6, 6.07) is 52.5. The van der Waals surface area contributed by atoms with Crippen LogP contribution < -0.4 is 11.1 Å². The van der Waals surface area contributed by atoms with E-state index in [1.54, 1.807) is 0 Å². The van der Waals surface area contributed by atoms with Crippen molar-refractivity contribution in [3.8, 4) is 44.5 Å². The van der Waals surface area contributed by atoms with Gasteiger partial charge >= 0.3 is 0 Å². The fourth-order valence-electron chi connectivity index (χ4n) is 5.15. The first-order valence-electron chi connectivity index (χ1n) is 12.8. The first-order valence-corrected chi connectivity index (χ1v) is 12.8. The third-order valence-corrected chi connectivity index (χ3v) is 6.83. The maximum atomic E-state index is 7.22. The number of hydrogen-bond acceptors (Lipinski definition) is 2. The monoisotopic (exact) mass is 488 g/mol. The van der Waals surface area contributed by atoms with Crippen molar-refractivity contribution in [2.45, 2.75) is 0 Å². The minimum atomic E-state index is 0.720. The van der Waals surface area contributed by atoms with Crippen LogP contribution in [0.4, 0.5) is 17.1 Å². The molecule has 0 aromatic heterocycles. The Hall–Kier alpha value is -5.08. The second-order valence-electron chi connectivity index (χ2n) is 9.24. The zero-order valence-corrected chi connectivity index (χ0v) is 21.0. The van der Waals surface area contributed by atoms with Crippen molar-refractivity contribution in [2.24, 2.45) is 0 Å². The van der Waals surface area contributed by atoms with Crippen LogP contribution in [0.5, 0.6) is 0 Å². The highest BCUT2D eigenvalue weighted by molar-refractivity contribution is 6.13. The Morgan fingerprint density at radius 1 is 0.342 bits per heavy atom. The molecule has 0 amide bonds. The minimum absolute atomic E-state index is 0.720. The van der Waals surface area contributed by atoms with Gasteiger partial charge in [0.25, 0.3) is 0 Å². The average Bonchev–Trinajstić information content (AvgIpc) is 3.00. The van der Waals surface area contributed by atoms with Gasteiger partial charge < -0.3 is 11.1 Å². The van der Waals surface area contributed by atoms with Crippen LogP contribution >= 0.6 is 0 Å². The molecule has 182 valence electrons. The molecule has 0 aliphatic heterocycles. The maximum absolute atomic E-state index is 7.22. The maximum Gasteiger partial charge on any atom is 0.0710 e. The number of hydrogen-bond donors (Lipinski definition) is 2. The summed E-state index contributed by atoms with van der Waals surface area (Å²) in [7, 11) is 0. The molecule has 2 heteroatoms. The first kappa shape index (κ1) is 23.3. The predicted molar refractivity (Wildman–Crippen MR) is 162 cm³/mol. The fraction of sp³-hybridized carbons (Fsp3) is 0. The van der Waals surface area contributed by atoms with E-state index >= 15 is 0 Å². The summed E-state index contributed by atoms with van der Waals surface area (Å²) in [6.45, 7) is 0. The van der Waals surface area contributed by atoms with Crippen molar-refractivity contribution in [1.29, 1.82) is 0 Å². The standard InChI is InChI=1S/C36H28N2/c37-35-33(28-20-10-3-11-21-28)31(26-16-6-1-7-17-26)32(27-18-8-2-9-19-27)34(29-22-12-4-13-23-29)36(35)38-30-24-14-5-15-25-30/h1-25,38H,37H2. The largest absolute Gasteiger partial charge is 0.397 e. The van der Waals surface area contributed by atoms with E-state index in [0.717, 1.165) is 61.6 Å². The molecule has 0 heterocycles. The molecule has 0 unspecified atom stereocenters. The van der Waals surface area contributed by atoms with Crippen molar-refractivity contribution in [3.05, 3.63) is 152 Å². The molecule has 0 fully saturated rings. The lowest BCUT2D eigenvalue weighted by atomic mass is 9.80. The summed E-state index contributed by atoms with van der Waals surface area (Å²) in [5.41, 5.74) is 18.7. The molecule has 0 bridgehead atoms. The van der Waals surface area contributed by atoms with E-state index in [1.165, 1.54) is 0 Å². The zero-order valence-electron chi connectivity index (χ0n) is 21.0. The summed E-state index contributed by atoms with van der Waals surface area (Å²) in [6.07, 6.45) is 0. The van der Waals surface area contributed by atoms with Gasteiger partial charge in [-0.1, -0.05) is 140 Å². The molecule has 0 radical (unpaired) electrons. The molecule has 0 atom stereocenters. The third-order valence-electron chi connectivity index (χ3n) is 6.83. The van der Waals surface area contributed by atoms with Crippen molar-refractivity contribution in [2.75, 3.05) is 11.1 Å². The number of nitrogen functional groups attached to an aromatic ring is 1. The smallest absolute Gasteiger partial charge is 0.0710 e. The average molecular weight is 489 g/mol. The predicted octanol–water partition coefficient (Wildman–Crippen LogP) is 9.68. The molecule has 3 N–H and O–H groups in total. The Morgan fingerprint density at radius 3 is 1.08 bits per heavy atom. The molecule has 6 rings (SSSR count). The van der Waals surface area contributed by atoms with Crippen molar-refractivity contribution in [3.63, 3.8) is 0 Å². The van der Waals surface area contributed by atoms with Gasteiger partial charge in [0.2, 0.25) is 0 Å². The van der Waals surface area contributed by atoms with Gasteiger partial charge in [-0.25, -0.2) is 0 Å². The second-order valence-corrected chi connectivity index (χ2v) is 9.24. The lowest BCUT2D eigenvalue weighted by Crippen LogP contribution is -2.06. The van der Waals surface area contributed by atoms with E-state index in [0.29, 0.717) is 0 Å². The lowest BCUT2D eigenvalue weighted by Gasteiger charge is -2.27. The Balaban J connectivity index is 1.82. The summed E-state index contributed by atoms with van der Waals surface area (Å²) in [5.74, 6) is 0. The van der Waals surface area contributed by atoms with Gasteiger partial charge in [-0.3, -0.25) is 0 Å². The van der Waals surface area contributed by atoms with Gasteiger partial charge in [0.1, 0.15) is 0 Å². The third kappa shape index (κ3) is 4.44. The molecule has 6 aromatic rings. The quantitative estimate of drug-likeness (QED) is 0.229. The highest BCUT2D eigenvalue weighted by atomic mass is 14.9. The van der Waals surface area contributed by atoms with E-state index in [-0.39, 0.29) is 0 Å². The van der Waals surface area contributed by atoms with Crippen molar-refractivity contribution in [1.82, 2.24) is 0 Å². The lowest BCUT2D eigenvalue weighted by molar-refractivity contribution is 1.50. The molecule has 0 saturated heterocycles. The van der Waals surface area contributed by atoms with Gasteiger partial charge in [0.15, 0.2) is 0 Å². The van der Waals surface area contributed by atoms with Crippen LogP contribution in [0.15, 0.2) is 152 Å². The SMILES string of the molecule is Nc1c(Nc2ccccc2)c(-c2ccccc2)c(-c2ccccc2)c(-c2ccccc2)c1-c1ccccc1. The number of para-hydroxylation sites is 1. The summed E-state index contributed by atoms with van der Waals surface area (Å²) in [4.78, 5) is 0. The van der Waals surface area contributed by atoms with Crippen LogP contribution in [-0.4, -0.2) is 0 Å². The Kier molecular flexibility index (Phi) is 6.44. The van der Waals surface area contributed by atoms with E-state index in [9.17, 15) is 0 Å². The number of nitrogens with two attached hydrogens (primary N) is 1. The molecular weight excluding hydrogens is 460 g/mol. The highest BCUT2D eigenvalue weighted by Crippen LogP contribution is 2.53. The van der Waals surface area contributed by atoms with Crippen molar-refractivity contribution < 1.29 is 0 Å². The number of nitrogens with one attached hydrogen (secondary N) is 1. The van der Waals surface area contributed by atoms with Crippen molar-refractivity contribution >= 4 is 17.1 Å². The Bertz CT molecular complexity index is 1650. The van der Waals surface area contributed by atoms with Gasteiger partial charge in [0.05, 0.1) is 11.4 Å². The van der Waals surface area contributed by atoms with Gasteiger partial charge in [-0.15, -0.1) is 0 Å². The molecular formula is C36H28N2. The van der Waals surface area contributed by atoms with Crippen LogP contribution in [0, 0.1) is 0 Å². The highest BCUT2D eigenvalue weighted by Gasteiger charge is 2.26. The Morgan fingerprint density at radius 2 is 0.658 bits per heavy atom. The fourth-order valence-corrected chi connectivity index (χ4v) is 5.15. The number of rotatable bonds is 6. The normalized spacial score (nSPS) is 10.7. The number of benzene rings is 6. The van der Waals surface area contributed by atoms with E-state index in [2.05, 4.69) is 133 Å². The molecule has 0 spiro atoms.